The molecule has 1 aliphatic heterocycles. The van der Waals surface area contributed by atoms with E-state index in [0.29, 0.717) is 23.8 Å². The van der Waals surface area contributed by atoms with Gasteiger partial charge in [-0.3, -0.25) is 10.1 Å². The maximum Gasteiger partial charge on any atom is 0.406 e. The van der Waals surface area contributed by atoms with Crippen molar-refractivity contribution >= 4 is 5.91 Å². The van der Waals surface area contributed by atoms with E-state index in [0.717, 1.165) is 12.1 Å². The Morgan fingerprint density at radius 1 is 1.29 bits per heavy atom. The lowest BCUT2D eigenvalue weighted by Crippen LogP contribution is -2.39. The molecule has 114 valence electrons. The van der Waals surface area contributed by atoms with Crippen LogP contribution in [-0.2, 0) is 4.79 Å². The summed E-state index contributed by atoms with van der Waals surface area (Å²) in [5.41, 5.74) is -1.19. The monoisotopic (exact) mass is 306 g/mol. The summed E-state index contributed by atoms with van der Waals surface area (Å²) in [7, 11) is 0. The zero-order valence-corrected chi connectivity index (χ0v) is 10.7. The molecule has 1 N–H and O–H groups in total. The molecular formula is C13H11F5N2O. The summed E-state index contributed by atoms with van der Waals surface area (Å²) in [4.78, 5) is 12.7. The van der Waals surface area contributed by atoms with E-state index in [9.17, 15) is 26.7 Å². The van der Waals surface area contributed by atoms with E-state index in [1.165, 1.54) is 0 Å². The van der Waals surface area contributed by atoms with Crippen LogP contribution in [0, 0.1) is 11.6 Å². The average Bonchev–Trinajstić information content (AvgIpc) is 3.08. The SMILES string of the molecule is O=C1N(CC(F)(F)F)C(c2ccc(F)cc2F)NC12CC2. The highest BCUT2D eigenvalue weighted by atomic mass is 19.4. The third-order valence-electron chi connectivity index (χ3n) is 3.75. The first-order valence-electron chi connectivity index (χ1n) is 6.32. The molecule has 1 spiro atoms. The van der Waals surface area contributed by atoms with Crippen molar-refractivity contribution < 1.29 is 26.7 Å². The fourth-order valence-electron chi connectivity index (χ4n) is 2.60. The summed E-state index contributed by atoms with van der Waals surface area (Å²) in [6.45, 7) is -1.47. The molecule has 1 amide bonds. The van der Waals surface area contributed by atoms with E-state index >= 15 is 0 Å². The van der Waals surface area contributed by atoms with Crippen LogP contribution < -0.4 is 5.32 Å². The summed E-state index contributed by atoms with van der Waals surface area (Å²) < 4.78 is 64.6. The Bertz CT molecular complexity index is 597. The minimum absolute atomic E-state index is 0.169. The molecule has 2 aliphatic rings. The molecule has 1 atom stereocenters. The van der Waals surface area contributed by atoms with Crippen molar-refractivity contribution in [3.8, 4) is 0 Å². The topological polar surface area (TPSA) is 32.3 Å². The molecule has 8 heteroatoms. The van der Waals surface area contributed by atoms with Crippen LogP contribution >= 0.6 is 0 Å². The van der Waals surface area contributed by atoms with Crippen molar-refractivity contribution in [2.45, 2.75) is 30.7 Å². The molecule has 1 aliphatic carbocycles. The summed E-state index contributed by atoms with van der Waals surface area (Å²) in [6, 6.07) is 2.60. The lowest BCUT2D eigenvalue weighted by molar-refractivity contribution is -0.162. The predicted octanol–water partition coefficient (Wildman–Crippen LogP) is 2.49. The van der Waals surface area contributed by atoms with Crippen LogP contribution in [0.4, 0.5) is 22.0 Å². The van der Waals surface area contributed by atoms with Gasteiger partial charge in [-0.05, 0) is 25.0 Å². The number of rotatable bonds is 2. The van der Waals surface area contributed by atoms with Gasteiger partial charge in [0.25, 0.3) is 0 Å². The van der Waals surface area contributed by atoms with Crippen LogP contribution in [0.15, 0.2) is 18.2 Å². The summed E-state index contributed by atoms with van der Waals surface area (Å²) in [5, 5.41) is 2.75. The molecule has 0 bridgehead atoms. The van der Waals surface area contributed by atoms with Gasteiger partial charge in [0, 0.05) is 11.6 Å². The average molecular weight is 306 g/mol. The van der Waals surface area contributed by atoms with Crippen LogP contribution in [-0.4, -0.2) is 29.1 Å². The van der Waals surface area contributed by atoms with Crippen LogP contribution in [0.25, 0.3) is 0 Å². The Hall–Kier alpha value is -1.70. The maximum absolute atomic E-state index is 13.8. The number of carbonyl (C=O) groups is 1. The van der Waals surface area contributed by atoms with Gasteiger partial charge in [0.1, 0.15) is 29.9 Å². The third-order valence-corrected chi connectivity index (χ3v) is 3.75. The third kappa shape index (κ3) is 2.48. The Morgan fingerprint density at radius 2 is 1.95 bits per heavy atom. The molecule has 1 saturated carbocycles. The van der Waals surface area contributed by atoms with Crippen molar-refractivity contribution in [3.05, 3.63) is 35.4 Å². The number of amides is 1. The molecule has 2 fully saturated rings. The van der Waals surface area contributed by atoms with Gasteiger partial charge in [-0.25, -0.2) is 8.78 Å². The smallest absolute Gasteiger partial charge is 0.312 e. The molecule has 1 aromatic carbocycles. The van der Waals surface area contributed by atoms with E-state index in [1.807, 2.05) is 0 Å². The standard InChI is InChI=1S/C13H11F5N2O/c14-7-1-2-8(9(15)5-7)10-19-12(3-4-12)11(21)20(10)6-13(16,17)18/h1-2,5,10,19H,3-4,6H2. The van der Waals surface area contributed by atoms with Crippen LogP contribution in [0.3, 0.4) is 0 Å². The summed E-state index contributed by atoms with van der Waals surface area (Å²) >= 11 is 0. The lowest BCUT2D eigenvalue weighted by atomic mass is 10.1. The number of halogens is 5. The fourth-order valence-corrected chi connectivity index (χ4v) is 2.60. The number of nitrogens with one attached hydrogen (secondary N) is 1. The zero-order valence-electron chi connectivity index (χ0n) is 10.7. The second-order valence-electron chi connectivity index (χ2n) is 5.34. The quantitative estimate of drug-likeness (QED) is 0.852. The van der Waals surface area contributed by atoms with Gasteiger partial charge in [-0.1, -0.05) is 0 Å². The second-order valence-corrected chi connectivity index (χ2v) is 5.34. The van der Waals surface area contributed by atoms with Gasteiger partial charge in [0.05, 0.1) is 0 Å². The maximum atomic E-state index is 13.8. The number of hydrogen-bond donors (Lipinski definition) is 1. The van der Waals surface area contributed by atoms with Crippen molar-refractivity contribution in [1.82, 2.24) is 10.2 Å². The van der Waals surface area contributed by atoms with Gasteiger partial charge < -0.3 is 4.90 Å². The van der Waals surface area contributed by atoms with Crippen molar-refractivity contribution in [3.63, 3.8) is 0 Å². The van der Waals surface area contributed by atoms with Crippen LogP contribution in [0.2, 0.25) is 0 Å². The molecule has 1 aromatic rings. The normalized spacial score (nSPS) is 24.0. The number of benzene rings is 1. The van der Waals surface area contributed by atoms with Crippen LogP contribution in [0.5, 0.6) is 0 Å². The molecule has 0 radical (unpaired) electrons. The van der Waals surface area contributed by atoms with Gasteiger partial charge >= 0.3 is 6.18 Å². The first-order chi connectivity index (χ1) is 9.72. The molecule has 1 heterocycles. The molecule has 0 aromatic heterocycles. The second kappa shape index (κ2) is 4.40. The minimum Gasteiger partial charge on any atom is -0.312 e. The first kappa shape index (κ1) is 14.2. The van der Waals surface area contributed by atoms with Crippen molar-refractivity contribution in [2.24, 2.45) is 0 Å². The van der Waals surface area contributed by atoms with Gasteiger partial charge in [0.15, 0.2) is 0 Å². The Labute approximate surface area is 116 Å². The lowest BCUT2D eigenvalue weighted by Gasteiger charge is -2.25. The number of alkyl halides is 3. The predicted molar refractivity (Wildman–Crippen MR) is 62.0 cm³/mol. The number of nitrogens with zero attached hydrogens (tertiary/aromatic N) is 1. The molecule has 1 saturated heterocycles. The molecular weight excluding hydrogens is 295 g/mol. The van der Waals surface area contributed by atoms with Crippen LogP contribution in [0.1, 0.15) is 24.6 Å². The van der Waals surface area contributed by atoms with E-state index in [-0.39, 0.29) is 5.56 Å². The Kier molecular flexibility index (Phi) is 2.98. The van der Waals surface area contributed by atoms with E-state index in [2.05, 4.69) is 5.32 Å². The number of carbonyl (C=O) groups excluding carboxylic acids is 1. The molecule has 1 unspecified atom stereocenters. The highest BCUT2D eigenvalue weighted by Gasteiger charge is 2.61. The minimum atomic E-state index is -4.59. The van der Waals surface area contributed by atoms with Crippen molar-refractivity contribution in [1.29, 1.82) is 0 Å². The molecule has 3 rings (SSSR count). The summed E-state index contributed by atoms with van der Waals surface area (Å²) in [5.74, 6) is -2.50. The first-order valence-corrected chi connectivity index (χ1v) is 6.32. The van der Waals surface area contributed by atoms with E-state index < -0.39 is 42.0 Å². The van der Waals surface area contributed by atoms with Gasteiger partial charge in [-0.2, -0.15) is 13.2 Å². The highest BCUT2D eigenvalue weighted by Crippen LogP contribution is 2.47. The Morgan fingerprint density at radius 3 is 2.48 bits per heavy atom. The fraction of sp³-hybridized carbons (Fsp3) is 0.462. The van der Waals surface area contributed by atoms with E-state index in [4.69, 9.17) is 0 Å². The van der Waals surface area contributed by atoms with E-state index in [1.54, 1.807) is 0 Å². The van der Waals surface area contributed by atoms with Gasteiger partial charge in [-0.15, -0.1) is 0 Å². The summed E-state index contributed by atoms with van der Waals surface area (Å²) in [6.07, 6.45) is -4.99. The largest absolute Gasteiger partial charge is 0.406 e. The highest BCUT2D eigenvalue weighted by molar-refractivity contribution is 5.92. The van der Waals surface area contributed by atoms with Gasteiger partial charge in [0.2, 0.25) is 5.91 Å². The number of hydrogen-bond acceptors (Lipinski definition) is 2. The van der Waals surface area contributed by atoms with Crippen molar-refractivity contribution in [2.75, 3.05) is 6.54 Å². The molecule has 3 nitrogen and oxygen atoms in total. The zero-order chi connectivity index (χ0) is 15.4. The Balaban J connectivity index is 1.96. The molecule has 21 heavy (non-hydrogen) atoms.